The molecule has 0 aromatic heterocycles. The molecular weight excluding hydrogens is 779 g/mol. The van der Waals surface area contributed by atoms with Crippen molar-refractivity contribution in [2.24, 2.45) is 0 Å². The zero-order valence-corrected chi connectivity index (χ0v) is 40.1. The minimum Gasteiger partial charge on any atom is -0.394 e. The van der Waals surface area contributed by atoms with Gasteiger partial charge < -0.3 is 40.3 Å². The Balaban J connectivity index is 2.08. The molecule has 0 radical (unpaired) electrons. The van der Waals surface area contributed by atoms with Crippen LogP contribution in [0.4, 0.5) is 0 Å². The molecule has 0 aliphatic carbocycles. The molecule has 364 valence electrons. The number of allylic oxidation sites excluding steroid dienone is 6. The Morgan fingerprint density at radius 1 is 0.548 bits per heavy atom. The van der Waals surface area contributed by atoms with Crippen molar-refractivity contribution in [2.45, 2.75) is 281 Å². The topological polar surface area (TPSA) is 149 Å². The Labute approximate surface area is 381 Å². The molecule has 1 saturated heterocycles. The van der Waals surface area contributed by atoms with Crippen LogP contribution in [0.25, 0.3) is 0 Å². The Hall–Kier alpha value is -1.59. The molecular formula is C53H99NO8. The second kappa shape index (κ2) is 43.3. The number of carbonyl (C=O) groups is 1. The van der Waals surface area contributed by atoms with E-state index in [0.717, 1.165) is 51.4 Å². The molecule has 0 bridgehead atoms. The van der Waals surface area contributed by atoms with Crippen molar-refractivity contribution in [1.82, 2.24) is 5.32 Å². The summed E-state index contributed by atoms with van der Waals surface area (Å²) in [5, 5.41) is 54.2. The van der Waals surface area contributed by atoms with E-state index in [4.69, 9.17) is 9.47 Å². The van der Waals surface area contributed by atoms with E-state index in [1.165, 1.54) is 161 Å². The zero-order chi connectivity index (χ0) is 45.1. The van der Waals surface area contributed by atoms with Crippen molar-refractivity contribution >= 4 is 5.91 Å². The van der Waals surface area contributed by atoms with Crippen molar-refractivity contribution < 1.29 is 39.8 Å². The lowest BCUT2D eigenvalue weighted by Gasteiger charge is -2.40. The van der Waals surface area contributed by atoms with Gasteiger partial charge in [-0.1, -0.05) is 217 Å². The summed E-state index contributed by atoms with van der Waals surface area (Å²) >= 11 is 0. The maximum Gasteiger partial charge on any atom is 0.220 e. The highest BCUT2D eigenvalue weighted by Gasteiger charge is 2.44. The zero-order valence-electron chi connectivity index (χ0n) is 40.1. The monoisotopic (exact) mass is 878 g/mol. The summed E-state index contributed by atoms with van der Waals surface area (Å²) < 4.78 is 11.2. The van der Waals surface area contributed by atoms with Gasteiger partial charge in [-0.2, -0.15) is 0 Å². The van der Waals surface area contributed by atoms with Gasteiger partial charge in [0.15, 0.2) is 6.29 Å². The summed E-state index contributed by atoms with van der Waals surface area (Å²) in [6, 6.07) is -0.715. The molecule has 7 unspecified atom stereocenters. The van der Waals surface area contributed by atoms with Crippen LogP contribution in [-0.4, -0.2) is 87.5 Å². The highest BCUT2D eigenvalue weighted by atomic mass is 16.7. The number of ether oxygens (including phenoxy) is 2. The van der Waals surface area contributed by atoms with E-state index < -0.39 is 49.5 Å². The first-order valence-electron chi connectivity index (χ1n) is 26.2. The van der Waals surface area contributed by atoms with Crippen LogP contribution in [0.15, 0.2) is 36.5 Å². The fourth-order valence-corrected chi connectivity index (χ4v) is 8.29. The van der Waals surface area contributed by atoms with Crippen LogP contribution in [0.5, 0.6) is 0 Å². The molecule has 1 rings (SSSR count). The quantitative estimate of drug-likeness (QED) is 0.0262. The van der Waals surface area contributed by atoms with E-state index >= 15 is 0 Å². The SMILES string of the molecule is CCCCCCC/C=C\C/C=C\C/C=C\CCCCCCCCCCCCCCCCCCC(=O)NC(COC1OC(CO)C(O)C(O)C1O)C(O)CCCCCCCCCC. The van der Waals surface area contributed by atoms with E-state index in [9.17, 15) is 30.3 Å². The average Bonchev–Trinajstić information content (AvgIpc) is 3.27. The lowest BCUT2D eigenvalue weighted by molar-refractivity contribution is -0.302. The van der Waals surface area contributed by atoms with Gasteiger partial charge in [-0.05, 0) is 51.4 Å². The molecule has 1 fully saturated rings. The molecule has 1 aliphatic rings. The van der Waals surface area contributed by atoms with Crippen LogP contribution in [0, 0.1) is 0 Å². The van der Waals surface area contributed by atoms with E-state index in [0.29, 0.717) is 12.8 Å². The number of aliphatic hydroxyl groups excluding tert-OH is 5. The van der Waals surface area contributed by atoms with Gasteiger partial charge in [0.05, 0.1) is 25.4 Å². The summed E-state index contributed by atoms with van der Waals surface area (Å²) in [7, 11) is 0. The number of aliphatic hydroxyl groups is 5. The standard InChI is InChI=1S/C53H99NO8/c1-3-5-7-9-11-13-14-15-16-17-18-19-20-21-22-23-24-25-26-27-28-29-30-31-32-33-34-35-37-39-41-43-49(57)54-46(47(56)42-40-38-36-12-10-8-6-4-2)45-61-53-52(60)51(59)50(58)48(44-55)62-53/h14-15,17-18,20-21,46-48,50-53,55-56,58-60H,3-13,16,19,22-45H2,1-2H3,(H,54,57)/b15-14-,18-17-,21-20-. The van der Waals surface area contributed by atoms with Gasteiger partial charge in [-0.25, -0.2) is 0 Å². The van der Waals surface area contributed by atoms with E-state index in [2.05, 4.69) is 55.6 Å². The van der Waals surface area contributed by atoms with Crippen molar-refractivity contribution in [2.75, 3.05) is 13.2 Å². The molecule has 9 nitrogen and oxygen atoms in total. The highest BCUT2D eigenvalue weighted by Crippen LogP contribution is 2.23. The third-order valence-electron chi connectivity index (χ3n) is 12.5. The normalized spacial score (nSPS) is 20.5. The van der Waals surface area contributed by atoms with Crippen molar-refractivity contribution in [3.05, 3.63) is 36.5 Å². The Morgan fingerprint density at radius 2 is 0.952 bits per heavy atom. The third kappa shape index (κ3) is 33.0. The molecule has 0 saturated carbocycles. The van der Waals surface area contributed by atoms with Crippen LogP contribution in [-0.2, 0) is 14.3 Å². The fraction of sp³-hybridized carbons (Fsp3) is 0.868. The van der Waals surface area contributed by atoms with E-state index in [-0.39, 0.29) is 12.5 Å². The van der Waals surface area contributed by atoms with Gasteiger partial charge in [-0.15, -0.1) is 0 Å². The smallest absolute Gasteiger partial charge is 0.220 e. The van der Waals surface area contributed by atoms with Gasteiger partial charge >= 0.3 is 0 Å². The van der Waals surface area contributed by atoms with E-state index in [1.807, 2.05) is 0 Å². The first-order chi connectivity index (χ1) is 30.3. The average molecular weight is 878 g/mol. The summed E-state index contributed by atoms with van der Waals surface area (Å²) in [5.41, 5.74) is 0. The molecule has 7 atom stereocenters. The van der Waals surface area contributed by atoms with Crippen molar-refractivity contribution in [3.8, 4) is 0 Å². The fourth-order valence-electron chi connectivity index (χ4n) is 8.29. The molecule has 6 N–H and O–H groups in total. The number of nitrogens with one attached hydrogen (secondary N) is 1. The van der Waals surface area contributed by atoms with Gasteiger partial charge in [-0.3, -0.25) is 4.79 Å². The largest absolute Gasteiger partial charge is 0.394 e. The minimum absolute atomic E-state index is 0.137. The minimum atomic E-state index is -1.55. The molecule has 62 heavy (non-hydrogen) atoms. The maximum absolute atomic E-state index is 13.0. The molecule has 1 heterocycles. The van der Waals surface area contributed by atoms with Gasteiger partial charge in [0.2, 0.25) is 5.91 Å². The molecule has 0 aromatic rings. The summed E-state index contributed by atoms with van der Waals surface area (Å²) in [6.45, 7) is 3.79. The Morgan fingerprint density at radius 3 is 1.40 bits per heavy atom. The Bertz CT molecular complexity index is 1070. The molecule has 0 spiro atoms. The summed E-state index contributed by atoms with van der Waals surface area (Å²) in [4.78, 5) is 13.0. The number of amides is 1. The molecule has 0 aromatic carbocycles. The van der Waals surface area contributed by atoms with Crippen LogP contribution in [0.2, 0.25) is 0 Å². The predicted molar refractivity (Wildman–Crippen MR) is 258 cm³/mol. The lowest BCUT2D eigenvalue weighted by Crippen LogP contribution is -2.60. The van der Waals surface area contributed by atoms with Crippen LogP contribution in [0.3, 0.4) is 0 Å². The third-order valence-corrected chi connectivity index (χ3v) is 12.5. The first kappa shape index (κ1) is 58.4. The van der Waals surface area contributed by atoms with Crippen LogP contribution >= 0.6 is 0 Å². The number of hydrogen-bond donors (Lipinski definition) is 6. The van der Waals surface area contributed by atoms with Crippen LogP contribution in [0.1, 0.15) is 239 Å². The van der Waals surface area contributed by atoms with Gasteiger partial charge in [0.25, 0.3) is 0 Å². The van der Waals surface area contributed by atoms with Crippen molar-refractivity contribution in [3.63, 3.8) is 0 Å². The lowest BCUT2D eigenvalue weighted by atomic mass is 9.99. The van der Waals surface area contributed by atoms with E-state index in [1.54, 1.807) is 0 Å². The highest BCUT2D eigenvalue weighted by molar-refractivity contribution is 5.76. The maximum atomic E-state index is 13.0. The van der Waals surface area contributed by atoms with Crippen molar-refractivity contribution in [1.29, 1.82) is 0 Å². The van der Waals surface area contributed by atoms with Gasteiger partial charge in [0.1, 0.15) is 24.4 Å². The van der Waals surface area contributed by atoms with Gasteiger partial charge in [0, 0.05) is 6.42 Å². The number of unbranched alkanes of at least 4 members (excludes halogenated alkanes) is 28. The second-order valence-electron chi connectivity index (χ2n) is 18.3. The first-order valence-corrected chi connectivity index (χ1v) is 26.2. The second-order valence-corrected chi connectivity index (χ2v) is 18.3. The summed E-state index contributed by atoms with van der Waals surface area (Å²) in [5.74, 6) is -0.147. The molecule has 1 aliphatic heterocycles. The molecule has 1 amide bonds. The Kier molecular flexibility index (Phi) is 40.8. The number of rotatable bonds is 44. The van der Waals surface area contributed by atoms with Crippen LogP contribution < -0.4 is 5.32 Å². The summed E-state index contributed by atoms with van der Waals surface area (Å²) in [6.07, 6.45) is 47.7. The number of carbonyl (C=O) groups excluding carboxylic acids is 1. The molecule has 9 heteroatoms. The number of hydrogen-bond acceptors (Lipinski definition) is 8. The predicted octanol–water partition coefficient (Wildman–Crippen LogP) is 12.0.